The number of carbonyl (C=O) groups excluding carboxylic acids is 1. The molecule has 0 saturated heterocycles. The lowest BCUT2D eigenvalue weighted by atomic mass is 10.1. The minimum Gasteiger partial charge on any atom is -0.441 e. The molecule has 0 bridgehead atoms. The first-order valence-corrected chi connectivity index (χ1v) is 8.18. The third kappa shape index (κ3) is 4.55. The van der Waals surface area contributed by atoms with E-state index < -0.39 is 16.6 Å². The van der Waals surface area contributed by atoms with Crippen molar-refractivity contribution in [3.8, 4) is 11.3 Å². The highest BCUT2D eigenvalue weighted by Gasteiger charge is 2.14. The molecule has 0 radical (unpaired) electrons. The van der Waals surface area contributed by atoms with Crippen LogP contribution in [0.25, 0.3) is 11.3 Å². The van der Waals surface area contributed by atoms with Crippen LogP contribution in [-0.4, -0.2) is 15.8 Å². The van der Waals surface area contributed by atoms with Gasteiger partial charge in [0.05, 0.1) is 16.8 Å². The van der Waals surface area contributed by atoms with Crippen LogP contribution in [-0.2, 0) is 11.2 Å². The van der Waals surface area contributed by atoms with E-state index in [0.29, 0.717) is 11.7 Å². The number of carbonyl (C=O) groups is 1. The summed E-state index contributed by atoms with van der Waals surface area (Å²) in [5.74, 6) is -0.272. The van der Waals surface area contributed by atoms with Gasteiger partial charge in [-0.05, 0) is 13.0 Å². The number of hydrogen-bond acceptors (Lipinski definition) is 5. The monoisotopic (exact) mass is 369 g/mol. The zero-order valence-electron chi connectivity index (χ0n) is 14.4. The predicted octanol–water partition coefficient (Wildman–Crippen LogP) is 4.27. The quantitative estimate of drug-likeness (QED) is 0.517. The lowest BCUT2D eigenvalue weighted by Crippen LogP contribution is -2.13. The number of nitrogens with zero attached hydrogens (tertiary/aromatic N) is 2. The van der Waals surface area contributed by atoms with Crippen molar-refractivity contribution in [2.24, 2.45) is 0 Å². The number of oxazole rings is 1. The summed E-state index contributed by atoms with van der Waals surface area (Å²) in [6, 6.07) is 10.7. The number of aromatic nitrogens is 1. The summed E-state index contributed by atoms with van der Waals surface area (Å²) in [7, 11) is 0. The van der Waals surface area contributed by atoms with Crippen molar-refractivity contribution in [3.05, 3.63) is 76.0 Å². The molecule has 3 aromatic rings. The Bertz CT molecular complexity index is 983. The molecule has 1 N–H and O–H groups in total. The van der Waals surface area contributed by atoms with Gasteiger partial charge >= 0.3 is 0 Å². The molecule has 0 spiro atoms. The van der Waals surface area contributed by atoms with E-state index in [4.69, 9.17) is 4.42 Å². The number of benzene rings is 2. The van der Waals surface area contributed by atoms with Crippen LogP contribution in [0.4, 0.5) is 15.8 Å². The van der Waals surface area contributed by atoms with Crippen molar-refractivity contribution >= 4 is 17.3 Å². The van der Waals surface area contributed by atoms with Crippen LogP contribution in [0.3, 0.4) is 0 Å². The molecule has 0 aliphatic rings. The molecule has 0 aliphatic carbocycles. The summed E-state index contributed by atoms with van der Waals surface area (Å²) in [5.41, 5.74) is 1.47. The molecule has 0 saturated carbocycles. The highest BCUT2D eigenvalue weighted by atomic mass is 19.1. The summed E-state index contributed by atoms with van der Waals surface area (Å²) in [5, 5.41) is 13.1. The fraction of sp³-hybridized carbons (Fsp3) is 0.158. The van der Waals surface area contributed by atoms with Gasteiger partial charge in [0.15, 0.2) is 11.7 Å². The molecule has 1 heterocycles. The zero-order chi connectivity index (χ0) is 19.4. The van der Waals surface area contributed by atoms with E-state index in [1.807, 2.05) is 31.2 Å². The Kier molecular flexibility index (Phi) is 5.25. The van der Waals surface area contributed by atoms with Gasteiger partial charge in [0, 0.05) is 30.5 Å². The molecule has 8 heteroatoms. The number of nitro groups is 1. The highest BCUT2D eigenvalue weighted by molar-refractivity contribution is 5.91. The molecule has 0 aliphatic heterocycles. The van der Waals surface area contributed by atoms with E-state index in [0.717, 1.165) is 29.3 Å². The molecule has 1 aromatic heterocycles. The van der Waals surface area contributed by atoms with Crippen LogP contribution >= 0.6 is 0 Å². The van der Waals surface area contributed by atoms with E-state index in [2.05, 4.69) is 10.3 Å². The molecule has 1 amide bonds. The summed E-state index contributed by atoms with van der Waals surface area (Å²) < 4.78 is 19.3. The minimum atomic E-state index is -0.744. The van der Waals surface area contributed by atoms with E-state index in [9.17, 15) is 19.3 Å². The molecule has 0 fully saturated rings. The summed E-state index contributed by atoms with van der Waals surface area (Å²) in [6.45, 7) is 1.98. The van der Waals surface area contributed by atoms with Gasteiger partial charge in [-0.15, -0.1) is 0 Å². The first-order valence-electron chi connectivity index (χ1n) is 8.18. The third-order valence-electron chi connectivity index (χ3n) is 3.89. The minimum absolute atomic E-state index is 0.00399. The fourth-order valence-electron chi connectivity index (χ4n) is 2.43. The van der Waals surface area contributed by atoms with Crippen LogP contribution < -0.4 is 5.32 Å². The maximum atomic E-state index is 13.7. The van der Waals surface area contributed by atoms with E-state index >= 15 is 0 Å². The van der Waals surface area contributed by atoms with Gasteiger partial charge in [-0.1, -0.05) is 29.8 Å². The number of nitrogens with one attached hydrogen (secondary N) is 1. The van der Waals surface area contributed by atoms with Crippen molar-refractivity contribution in [2.75, 3.05) is 5.32 Å². The molecular formula is C19H16FN3O4. The van der Waals surface area contributed by atoms with Crippen LogP contribution in [0.15, 0.2) is 53.1 Å². The van der Waals surface area contributed by atoms with Crippen LogP contribution in [0.1, 0.15) is 17.9 Å². The van der Waals surface area contributed by atoms with Crippen molar-refractivity contribution in [2.45, 2.75) is 19.8 Å². The molecule has 0 atom stereocenters. The number of amides is 1. The number of anilines is 1. The van der Waals surface area contributed by atoms with Crippen molar-refractivity contribution in [1.82, 2.24) is 4.98 Å². The summed E-state index contributed by atoms with van der Waals surface area (Å²) in [4.78, 5) is 26.2. The van der Waals surface area contributed by atoms with E-state index in [1.165, 1.54) is 0 Å². The zero-order valence-corrected chi connectivity index (χ0v) is 14.4. The van der Waals surface area contributed by atoms with Crippen molar-refractivity contribution in [3.63, 3.8) is 0 Å². The molecule has 3 rings (SSSR count). The molecule has 27 heavy (non-hydrogen) atoms. The van der Waals surface area contributed by atoms with Gasteiger partial charge in [-0.3, -0.25) is 14.9 Å². The summed E-state index contributed by atoms with van der Waals surface area (Å²) in [6.07, 6.45) is 1.79. The van der Waals surface area contributed by atoms with Crippen LogP contribution in [0, 0.1) is 22.9 Å². The topological polar surface area (TPSA) is 98.3 Å². The average Bonchev–Trinajstić information content (AvgIpc) is 3.11. The number of halogens is 1. The maximum absolute atomic E-state index is 13.7. The predicted molar refractivity (Wildman–Crippen MR) is 96.7 cm³/mol. The highest BCUT2D eigenvalue weighted by Crippen LogP contribution is 2.23. The number of nitro benzene ring substituents is 1. The van der Waals surface area contributed by atoms with Gasteiger partial charge in [-0.25, -0.2) is 9.37 Å². The Morgan fingerprint density at radius 3 is 2.70 bits per heavy atom. The number of hydrogen-bond donors (Lipinski definition) is 1. The molecule has 0 unspecified atom stereocenters. The third-order valence-corrected chi connectivity index (χ3v) is 3.89. The number of rotatable bonds is 6. The maximum Gasteiger partial charge on any atom is 0.271 e. The smallest absolute Gasteiger partial charge is 0.271 e. The van der Waals surface area contributed by atoms with Crippen molar-refractivity contribution < 1.29 is 18.5 Å². The lowest BCUT2D eigenvalue weighted by Gasteiger charge is -2.05. The summed E-state index contributed by atoms with van der Waals surface area (Å²) >= 11 is 0. The fourth-order valence-corrected chi connectivity index (χ4v) is 2.43. The second kappa shape index (κ2) is 7.77. The van der Waals surface area contributed by atoms with Gasteiger partial charge in [-0.2, -0.15) is 0 Å². The van der Waals surface area contributed by atoms with Gasteiger partial charge in [0.2, 0.25) is 5.91 Å². The second-order valence-electron chi connectivity index (χ2n) is 5.95. The molecule has 2 aromatic carbocycles. The standard InChI is InChI=1S/C19H16FN3O4/c1-12-2-4-13(5-3-12)17-11-21-19(27-17)9-8-18(24)22-16-10-14(23(25)26)6-7-15(16)20/h2-7,10-11H,8-9H2,1H3,(H,22,24). The van der Waals surface area contributed by atoms with Gasteiger partial charge in [0.25, 0.3) is 5.69 Å². The van der Waals surface area contributed by atoms with Crippen LogP contribution in [0.5, 0.6) is 0 Å². The van der Waals surface area contributed by atoms with Crippen molar-refractivity contribution in [1.29, 1.82) is 0 Å². The Hall–Kier alpha value is -3.55. The molecule has 7 nitrogen and oxygen atoms in total. The van der Waals surface area contributed by atoms with E-state index in [1.54, 1.807) is 6.20 Å². The Morgan fingerprint density at radius 2 is 2.00 bits per heavy atom. The largest absolute Gasteiger partial charge is 0.441 e. The SMILES string of the molecule is Cc1ccc(-c2cnc(CCC(=O)Nc3cc([N+](=O)[O-])ccc3F)o2)cc1. The Morgan fingerprint density at radius 1 is 1.26 bits per heavy atom. The number of non-ortho nitro benzene ring substituents is 1. The first kappa shape index (κ1) is 18.2. The van der Waals surface area contributed by atoms with Gasteiger partial charge in [0.1, 0.15) is 5.82 Å². The Balaban J connectivity index is 1.61. The lowest BCUT2D eigenvalue weighted by molar-refractivity contribution is -0.384. The molecule has 138 valence electrons. The Labute approximate surface area is 154 Å². The molecular weight excluding hydrogens is 353 g/mol. The van der Waals surface area contributed by atoms with E-state index in [-0.39, 0.29) is 24.2 Å². The first-order chi connectivity index (χ1) is 12.9. The van der Waals surface area contributed by atoms with Gasteiger partial charge < -0.3 is 9.73 Å². The normalized spacial score (nSPS) is 10.6. The second-order valence-corrected chi connectivity index (χ2v) is 5.95. The number of aryl methyl sites for hydroxylation is 2. The van der Waals surface area contributed by atoms with Crippen LogP contribution in [0.2, 0.25) is 0 Å². The average molecular weight is 369 g/mol.